The number of nitrogens with zero attached hydrogens (tertiary/aromatic N) is 2. The Hall–Kier alpha value is -3.06. The molecule has 0 N–H and O–H groups in total. The average Bonchev–Trinajstić information content (AvgIpc) is 3.27. The highest BCUT2D eigenvalue weighted by atomic mass is 32.2. The fourth-order valence-corrected chi connectivity index (χ4v) is 5.01. The number of carbonyl (C=O) groups excluding carboxylic acids is 1. The van der Waals surface area contributed by atoms with Crippen molar-refractivity contribution in [3.63, 3.8) is 0 Å². The van der Waals surface area contributed by atoms with Crippen LogP contribution in [0.4, 0.5) is 0 Å². The molecule has 6 nitrogen and oxygen atoms in total. The second kappa shape index (κ2) is 8.23. The molecule has 0 amide bonds. The number of benzene rings is 2. The van der Waals surface area contributed by atoms with E-state index >= 15 is 0 Å². The number of rotatable bonds is 5. The highest BCUT2D eigenvalue weighted by Crippen LogP contribution is 2.33. The third kappa shape index (κ3) is 3.85. The fourth-order valence-electron chi connectivity index (χ4n) is 4.04. The van der Waals surface area contributed by atoms with Gasteiger partial charge in [-0.2, -0.15) is 4.98 Å². The summed E-state index contributed by atoms with van der Waals surface area (Å²) >= 11 is 1.34. The largest absolute Gasteiger partial charge is 0.486 e. The standard InChI is InChI=1S/C24H22N2O4S/c1-15-5-8-17(9-6-15)26-19-4-2-3-18(19)23(25-24(26)28)31-14-20(27)16-7-10-21-22(13-16)30-12-11-29-21/h5-10,13H,2-4,11-12,14H2,1H3. The van der Waals surface area contributed by atoms with Crippen LogP contribution in [0.2, 0.25) is 0 Å². The van der Waals surface area contributed by atoms with Gasteiger partial charge in [0.2, 0.25) is 0 Å². The van der Waals surface area contributed by atoms with Crippen molar-refractivity contribution in [2.75, 3.05) is 19.0 Å². The van der Waals surface area contributed by atoms with E-state index in [-0.39, 0.29) is 17.2 Å². The molecule has 0 atom stereocenters. The van der Waals surface area contributed by atoms with Gasteiger partial charge >= 0.3 is 5.69 Å². The molecule has 2 aliphatic rings. The molecule has 0 saturated carbocycles. The number of ketones is 1. The average molecular weight is 435 g/mol. The first-order valence-corrected chi connectivity index (χ1v) is 11.4. The Bertz CT molecular complexity index is 1220. The third-order valence-corrected chi connectivity index (χ3v) is 6.62. The van der Waals surface area contributed by atoms with E-state index in [4.69, 9.17) is 9.47 Å². The minimum atomic E-state index is -0.293. The van der Waals surface area contributed by atoms with Crippen LogP contribution in [-0.2, 0) is 12.8 Å². The Labute approximate surface area is 184 Å². The van der Waals surface area contributed by atoms with Gasteiger partial charge in [-0.05, 0) is 56.5 Å². The number of aromatic nitrogens is 2. The molecule has 2 aromatic carbocycles. The summed E-state index contributed by atoms with van der Waals surface area (Å²) in [6.07, 6.45) is 2.69. The Morgan fingerprint density at radius 1 is 1.06 bits per heavy atom. The maximum absolute atomic E-state index is 12.9. The van der Waals surface area contributed by atoms with Crippen LogP contribution >= 0.6 is 11.8 Å². The van der Waals surface area contributed by atoms with E-state index < -0.39 is 0 Å². The highest BCUT2D eigenvalue weighted by molar-refractivity contribution is 8.00. The van der Waals surface area contributed by atoms with Crippen LogP contribution in [0.15, 0.2) is 52.3 Å². The van der Waals surface area contributed by atoms with Gasteiger partial charge in [0.15, 0.2) is 17.3 Å². The molecule has 0 radical (unpaired) electrons. The molecular formula is C24H22N2O4S. The van der Waals surface area contributed by atoms with Crippen LogP contribution in [0.25, 0.3) is 5.69 Å². The molecule has 158 valence electrons. The van der Waals surface area contributed by atoms with Crippen LogP contribution in [0.5, 0.6) is 11.5 Å². The summed E-state index contributed by atoms with van der Waals surface area (Å²) in [4.78, 5) is 30.0. The summed E-state index contributed by atoms with van der Waals surface area (Å²) < 4.78 is 12.8. The normalized spacial score (nSPS) is 14.4. The van der Waals surface area contributed by atoms with Gasteiger partial charge in [0.05, 0.1) is 11.4 Å². The van der Waals surface area contributed by atoms with Crippen molar-refractivity contribution in [2.24, 2.45) is 0 Å². The predicted octanol–water partition coefficient (Wildman–Crippen LogP) is 3.78. The Balaban J connectivity index is 1.40. The van der Waals surface area contributed by atoms with Crippen LogP contribution < -0.4 is 15.2 Å². The maximum atomic E-state index is 12.9. The number of hydrogen-bond acceptors (Lipinski definition) is 6. The second-order valence-corrected chi connectivity index (χ2v) is 8.68. The van der Waals surface area contributed by atoms with Gasteiger partial charge in [-0.3, -0.25) is 9.36 Å². The van der Waals surface area contributed by atoms with Gasteiger partial charge < -0.3 is 9.47 Å². The van der Waals surface area contributed by atoms with Gasteiger partial charge in [-0.25, -0.2) is 4.79 Å². The zero-order chi connectivity index (χ0) is 21.4. The van der Waals surface area contributed by atoms with E-state index in [9.17, 15) is 9.59 Å². The van der Waals surface area contributed by atoms with Crippen LogP contribution in [0.1, 0.15) is 33.6 Å². The summed E-state index contributed by atoms with van der Waals surface area (Å²) in [6, 6.07) is 13.2. The van der Waals surface area contributed by atoms with Crippen LogP contribution in [-0.4, -0.2) is 34.3 Å². The number of carbonyl (C=O) groups is 1. The van der Waals surface area contributed by atoms with Gasteiger partial charge in [0.1, 0.15) is 18.2 Å². The van der Waals surface area contributed by atoms with Gasteiger partial charge in [0, 0.05) is 16.8 Å². The van der Waals surface area contributed by atoms with Gasteiger partial charge in [0.25, 0.3) is 0 Å². The Morgan fingerprint density at radius 3 is 2.65 bits per heavy atom. The summed E-state index contributed by atoms with van der Waals surface area (Å²) in [5.74, 6) is 1.45. The lowest BCUT2D eigenvalue weighted by atomic mass is 10.1. The first kappa shape index (κ1) is 19.9. The third-order valence-electron chi connectivity index (χ3n) is 5.60. The molecule has 1 aromatic heterocycles. The van der Waals surface area contributed by atoms with E-state index in [2.05, 4.69) is 4.98 Å². The van der Waals surface area contributed by atoms with Crippen molar-refractivity contribution < 1.29 is 14.3 Å². The number of Topliss-reactive ketones (excluding diaryl/α,β-unsaturated/α-hetero) is 1. The number of fused-ring (bicyclic) bond motifs is 2. The molecule has 2 heterocycles. The molecule has 31 heavy (non-hydrogen) atoms. The molecule has 0 spiro atoms. The highest BCUT2D eigenvalue weighted by Gasteiger charge is 2.24. The molecule has 1 aliphatic carbocycles. The smallest absolute Gasteiger partial charge is 0.353 e. The number of ether oxygens (including phenoxy) is 2. The molecular weight excluding hydrogens is 412 g/mol. The molecule has 7 heteroatoms. The summed E-state index contributed by atoms with van der Waals surface area (Å²) in [6.45, 7) is 3.02. The quantitative estimate of drug-likeness (QED) is 0.346. The Kier molecular flexibility index (Phi) is 5.28. The first-order chi connectivity index (χ1) is 15.1. The Morgan fingerprint density at radius 2 is 1.84 bits per heavy atom. The maximum Gasteiger partial charge on any atom is 0.353 e. The van der Waals surface area contributed by atoms with Gasteiger partial charge in [-0.1, -0.05) is 29.5 Å². The lowest BCUT2D eigenvalue weighted by Gasteiger charge is -2.18. The number of aryl methyl sites for hydroxylation is 1. The van der Waals surface area contributed by atoms with E-state index in [1.54, 1.807) is 22.8 Å². The van der Waals surface area contributed by atoms with E-state index in [0.717, 1.165) is 41.8 Å². The summed E-state index contributed by atoms with van der Waals surface area (Å²) in [7, 11) is 0. The van der Waals surface area contributed by atoms with Crippen molar-refractivity contribution in [3.8, 4) is 17.2 Å². The second-order valence-electron chi connectivity index (χ2n) is 7.72. The first-order valence-electron chi connectivity index (χ1n) is 10.4. The van der Waals surface area contributed by atoms with Crippen molar-refractivity contribution in [1.82, 2.24) is 9.55 Å². The zero-order valence-corrected chi connectivity index (χ0v) is 18.0. The zero-order valence-electron chi connectivity index (χ0n) is 17.2. The van der Waals surface area contributed by atoms with Gasteiger partial charge in [-0.15, -0.1) is 0 Å². The lowest BCUT2D eigenvalue weighted by Crippen LogP contribution is -2.26. The number of thioether (sulfide) groups is 1. The summed E-state index contributed by atoms with van der Waals surface area (Å²) in [5, 5.41) is 0.673. The predicted molar refractivity (Wildman–Crippen MR) is 119 cm³/mol. The SMILES string of the molecule is Cc1ccc(-n2c3c(c(SCC(=O)c4ccc5c(c4)OCCO5)nc2=O)CCC3)cc1. The summed E-state index contributed by atoms with van der Waals surface area (Å²) in [5.41, 5.74) is 4.36. The van der Waals surface area contributed by atoms with Crippen molar-refractivity contribution >= 4 is 17.5 Å². The molecule has 0 saturated heterocycles. The molecule has 5 rings (SSSR count). The van der Waals surface area contributed by atoms with Crippen molar-refractivity contribution in [2.45, 2.75) is 31.2 Å². The number of hydrogen-bond donors (Lipinski definition) is 0. The van der Waals surface area contributed by atoms with Crippen LogP contribution in [0, 0.1) is 6.92 Å². The molecule has 1 aliphatic heterocycles. The van der Waals surface area contributed by atoms with Crippen molar-refractivity contribution in [3.05, 3.63) is 75.3 Å². The molecule has 0 bridgehead atoms. The molecule has 3 aromatic rings. The minimum absolute atomic E-state index is 0.0294. The van der Waals surface area contributed by atoms with E-state index in [1.807, 2.05) is 31.2 Å². The lowest BCUT2D eigenvalue weighted by molar-refractivity contribution is 0.102. The van der Waals surface area contributed by atoms with Crippen molar-refractivity contribution in [1.29, 1.82) is 0 Å². The fraction of sp³-hybridized carbons (Fsp3) is 0.292. The minimum Gasteiger partial charge on any atom is -0.486 e. The monoisotopic (exact) mass is 434 g/mol. The molecule has 0 unspecified atom stereocenters. The topological polar surface area (TPSA) is 70.4 Å². The van der Waals surface area contributed by atoms with Crippen LogP contribution in [0.3, 0.4) is 0 Å². The van der Waals surface area contributed by atoms with E-state index in [1.165, 1.54) is 11.8 Å². The van der Waals surface area contributed by atoms with E-state index in [0.29, 0.717) is 35.3 Å². The molecule has 0 fully saturated rings.